The number of hydrogen-bond donors (Lipinski definition) is 2. The molecule has 2 heteroatoms. The van der Waals surface area contributed by atoms with E-state index < -0.39 is 0 Å². The number of fused-ring (bicyclic) bond motifs is 1. The number of nitrogens with two attached hydrogens (primary N) is 1. The molecule has 1 aromatic carbocycles. The van der Waals surface area contributed by atoms with Crippen LogP contribution in [-0.2, 0) is 6.42 Å². The molecule has 1 atom stereocenters. The number of aromatic amines is 1. The van der Waals surface area contributed by atoms with E-state index in [4.69, 9.17) is 5.73 Å². The van der Waals surface area contributed by atoms with Crippen LogP contribution in [0.3, 0.4) is 0 Å². The lowest BCUT2D eigenvalue weighted by Gasteiger charge is -2.15. The van der Waals surface area contributed by atoms with Gasteiger partial charge in [-0.2, -0.15) is 0 Å². The van der Waals surface area contributed by atoms with Gasteiger partial charge in [0.05, 0.1) is 0 Å². The molecule has 15 heavy (non-hydrogen) atoms. The average molecular weight is 202 g/mol. The molecule has 0 saturated heterocycles. The van der Waals surface area contributed by atoms with Gasteiger partial charge >= 0.3 is 0 Å². The lowest BCUT2D eigenvalue weighted by molar-refractivity contribution is 0.492. The van der Waals surface area contributed by atoms with Crippen LogP contribution in [0.5, 0.6) is 0 Å². The lowest BCUT2D eigenvalue weighted by atomic mass is 9.95. The number of aromatic nitrogens is 1. The minimum absolute atomic E-state index is 0.241. The van der Waals surface area contributed by atoms with Gasteiger partial charge in [-0.25, -0.2) is 0 Å². The second-order valence-electron chi connectivity index (χ2n) is 4.47. The summed E-state index contributed by atoms with van der Waals surface area (Å²) in [5, 5.41) is 1.30. The maximum absolute atomic E-state index is 6.10. The van der Waals surface area contributed by atoms with Crippen molar-refractivity contribution in [3.63, 3.8) is 0 Å². The van der Waals surface area contributed by atoms with Crippen molar-refractivity contribution in [3.05, 3.63) is 36.0 Å². The van der Waals surface area contributed by atoms with Crippen LogP contribution in [0.4, 0.5) is 0 Å². The summed E-state index contributed by atoms with van der Waals surface area (Å²) in [4.78, 5) is 3.22. The number of H-pyrrole nitrogens is 1. The van der Waals surface area contributed by atoms with E-state index in [9.17, 15) is 0 Å². The molecule has 1 unspecified atom stereocenters. The summed E-state index contributed by atoms with van der Waals surface area (Å²) in [6.07, 6.45) is 2.93. The monoisotopic (exact) mass is 202 g/mol. The minimum Gasteiger partial charge on any atom is -0.361 e. The first-order chi connectivity index (χ1) is 7.18. The fourth-order valence-electron chi connectivity index (χ4n) is 1.82. The number of nitrogens with one attached hydrogen (secondary N) is 1. The normalized spacial score (nSPS) is 13.6. The number of benzene rings is 1. The molecule has 0 amide bonds. The van der Waals surface area contributed by atoms with E-state index in [1.165, 1.54) is 16.5 Å². The van der Waals surface area contributed by atoms with Gasteiger partial charge < -0.3 is 10.7 Å². The molecule has 2 rings (SSSR count). The average Bonchev–Trinajstić information content (AvgIpc) is 2.66. The van der Waals surface area contributed by atoms with Crippen LogP contribution in [0, 0.1) is 5.92 Å². The smallest absolute Gasteiger partial charge is 0.0456 e. The first-order valence-corrected chi connectivity index (χ1v) is 5.49. The summed E-state index contributed by atoms with van der Waals surface area (Å²) >= 11 is 0. The Labute approximate surface area is 90.5 Å². The summed E-state index contributed by atoms with van der Waals surface area (Å²) in [5.74, 6) is 0.527. The van der Waals surface area contributed by atoms with Crippen LogP contribution in [0.25, 0.3) is 10.9 Å². The Morgan fingerprint density at radius 3 is 2.80 bits per heavy atom. The summed E-state index contributed by atoms with van der Waals surface area (Å²) in [6.45, 7) is 4.34. The lowest BCUT2D eigenvalue weighted by Crippen LogP contribution is -2.28. The van der Waals surface area contributed by atoms with Gasteiger partial charge in [0, 0.05) is 23.1 Å². The molecule has 1 heterocycles. The molecule has 0 radical (unpaired) electrons. The van der Waals surface area contributed by atoms with Gasteiger partial charge in [-0.1, -0.05) is 26.0 Å². The first-order valence-electron chi connectivity index (χ1n) is 5.49. The first kappa shape index (κ1) is 10.2. The summed E-state index contributed by atoms with van der Waals surface area (Å²) in [5.41, 5.74) is 8.64. The van der Waals surface area contributed by atoms with Crippen LogP contribution >= 0.6 is 0 Å². The van der Waals surface area contributed by atoms with Crippen LogP contribution in [0.1, 0.15) is 19.4 Å². The maximum Gasteiger partial charge on any atom is 0.0456 e. The van der Waals surface area contributed by atoms with Crippen molar-refractivity contribution >= 4 is 10.9 Å². The van der Waals surface area contributed by atoms with Crippen molar-refractivity contribution in [3.8, 4) is 0 Å². The van der Waals surface area contributed by atoms with E-state index >= 15 is 0 Å². The summed E-state index contributed by atoms with van der Waals surface area (Å²) in [6, 6.07) is 8.71. The zero-order valence-corrected chi connectivity index (χ0v) is 9.33. The highest BCUT2D eigenvalue weighted by molar-refractivity contribution is 5.82. The Bertz CT molecular complexity index is 442. The van der Waals surface area contributed by atoms with Crippen LogP contribution in [0.15, 0.2) is 30.5 Å². The van der Waals surface area contributed by atoms with Crippen molar-refractivity contribution < 1.29 is 0 Å². The third-order valence-electron chi connectivity index (χ3n) is 3.00. The van der Waals surface area contributed by atoms with Gasteiger partial charge in [0.1, 0.15) is 0 Å². The largest absolute Gasteiger partial charge is 0.361 e. The highest BCUT2D eigenvalue weighted by Gasteiger charge is 2.10. The number of rotatable bonds is 3. The minimum atomic E-state index is 0.241. The maximum atomic E-state index is 6.10. The highest BCUT2D eigenvalue weighted by atomic mass is 14.7. The van der Waals surface area contributed by atoms with Crippen molar-refractivity contribution in [2.75, 3.05) is 0 Å². The van der Waals surface area contributed by atoms with Crippen molar-refractivity contribution in [2.24, 2.45) is 11.7 Å². The highest BCUT2D eigenvalue weighted by Crippen LogP contribution is 2.19. The fourth-order valence-corrected chi connectivity index (χ4v) is 1.82. The summed E-state index contributed by atoms with van der Waals surface area (Å²) < 4.78 is 0. The second kappa shape index (κ2) is 4.07. The molecule has 2 aromatic rings. The Hall–Kier alpha value is -1.28. The van der Waals surface area contributed by atoms with Crippen molar-refractivity contribution in [1.82, 2.24) is 4.98 Å². The Balaban J connectivity index is 2.31. The van der Waals surface area contributed by atoms with Crippen LogP contribution in [-0.4, -0.2) is 11.0 Å². The molecule has 0 aliphatic rings. The van der Waals surface area contributed by atoms with E-state index in [0.717, 1.165) is 6.42 Å². The standard InChI is InChI=1S/C13H18N2/c1-9(2)12(14)8-10-4-3-5-13-11(10)6-7-15-13/h3-7,9,12,15H,8,14H2,1-2H3. The zero-order chi connectivity index (χ0) is 10.8. The van der Waals surface area contributed by atoms with Crippen molar-refractivity contribution in [2.45, 2.75) is 26.3 Å². The molecule has 0 saturated carbocycles. The third kappa shape index (κ3) is 2.05. The van der Waals surface area contributed by atoms with E-state index in [-0.39, 0.29) is 6.04 Å². The predicted octanol–water partition coefficient (Wildman–Crippen LogP) is 2.69. The van der Waals surface area contributed by atoms with E-state index in [1.54, 1.807) is 0 Å². The molecular formula is C13H18N2. The van der Waals surface area contributed by atoms with Gasteiger partial charge in [0.15, 0.2) is 0 Å². The molecule has 1 aromatic heterocycles. The molecule has 0 aliphatic heterocycles. The predicted molar refractivity (Wildman–Crippen MR) is 64.8 cm³/mol. The second-order valence-corrected chi connectivity index (χ2v) is 4.47. The topological polar surface area (TPSA) is 41.8 Å². The molecule has 0 bridgehead atoms. The molecular weight excluding hydrogens is 184 g/mol. The van der Waals surface area contributed by atoms with Gasteiger partial charge in [0.2, 0.25) is 0 Å². The Morgan fingerprint density at radius 2 is 2.07 bits per heavy atom. The molecule has 3 N–H and O–H groups in total. The molecule has 80 valence electrons. The van der Waals surface area contributed by atoms with Gasteiger partial charge in [-0.05, 0) is 30.0 Å². The fraction of sp³-hybridized carbons (Fsp3) is 0.385. The Morgan fingerprint density at radius 1 is 1.27 bits per heavy atom. The third-order valence-corrected chi connectivity index (χ3v) is 3.00. The van der Waals surface area contributed by atoms with Crippen LogP contribution in [0.2, 0.25) is 0 Å². The quantitative estimate of drug-likeness (QED) is 0.789. The van der Waals surface area contributed by atoms with E-state index in [2.05, 4.69) is 43.1 Å². The number of hydrogen-bond acceptors (Lipinski definition) is 1. The molecule has 0 aliphatic carbocycles. The molecule has 2 nitrogen and oxygen atoms in total. The van der Waals surface area contributed by atoms with Crippen molar-refractivity contribution in [1.29, 1.82) is 0 Å². The van der Waals surface area contributed by atoms with Gasteiger partial charge in [-0.15, -0.1) is 0 Å². The van der Waals surface area contributed by atoms with E-state index in [1.807, 2.05) is 6.20 Å². The summed E-state index contributed by atoms with van der Waals surface area (Å²) in [7, 11) is 0. The molecule has 0 spiro atoms. The zero-order valence-electron chi connectivity index (χ0n) is 9.33. The molecule has 0 fully saturated rings. The van der Waals surface area contributed by atoms with Gasteiger partial charge in [0.25, 0.3) is 0 Å². The Kier molecular flexibility index (Phi) is 2.78. The SMILES string of the molecule is CC(C)C(N)Cc1cccc2[nH]ccc12. The van der Waals surface area contributed by atoms with Crippen LogP contribution < -0.4 is 5.73 Å². The van der Waals surface area contributed by atoms with Gasteiger partial charge in [-0.3, -0.25) is 0 Å². The van der Waals surface area contributed by atoms with E-state index in [0.29, 0.717) is 5.92 Å².